The zero-order valence-electron chi connectivity index (χ0n) is 15.1. The first-order valence-corrected chi connectivity index (χ1v) is 7.92. The summed E-state index contributed by atoms with van der Waals surface area (Å²) in [6, 6.07) is -0.276. The van der Waals surface area contributed by atoms with Crippen LogP contribution in [0.5, 0.6) is 0 Å². The van der Waals surface area contributed by atoms with Gasteiger partial charge in [-0.15, -0.1) is 0 Å². The fourth-order valence-electron chi connectivity index (χ4n) is 1.95. The van der Waals surface area contributed by atoms with Crippen LogP contribution in [-0.4, -0.2) is 42.6 Å². The third kappa shape index (κ3) is 6.42. The maximum absolute atomic E-state index is 11.2. The lowest BCUT2D eigenvalue weighted by atomic mass is 9.90. The smallest absolute Gasteiger partial charge is 0.318 e. The molecule has 0 atom stereocenters. The summed E-state index contributed by atoms with van der Waals surface area (Å²) in [5.41, 5.74) is 2.46. The van der Waals surface area contributed by atoms with Crippen LogP contribution < -0.4 is 10.6 Å². The van der Waals surface area contributed by atoms with E-state index in [1.54, 1.807) is 19.3 Å². The van der Waals surface area contributed by atoms with Crippen molar-refractivity contribution in [3.05, 3.63) is 47.9 Å². The van der Waals surface area contributed by atoms with Gasteiger partial charge in [-0.05, 0) is 17.7 Å². The Morgan fingerprint density at radius 3 is 2.75 bits per heavy atom. The molecule has 24 heavy (non-hydrogen) atoms. The number of amides is 2. The van der Waals surface area contributed by atoms with Gasteiger partial charge in [0.2, 0.25) is 0 Å². The van der Waals surface area contributed by atoms with Crippen LogP contribution in [0.15, 0.2) is 53.0 Å². The monoisotopic (exact) mass is 332 g/mol. The van der Waals surface area contributed by atoms with Gasteiger partial charge in [-0.3, -0.25) is 5.01 Å². The Hall–Kier alpha value is -2.34. The van der Waals surface area contributed by atoms with Crippen molar-refractivity contribution in [2.75, 3.05) is 20.7 Å². The van der Waals surface area contributed by atoms with Gasteiger partial charge in [0.1, 0.15) is 0 Å². The van der Waals surface area contributed by atoms with Crippen LogP contribution >= 0.6 is 0 Å². The third-order valence-electron chi connectivity index (χ3n) is 3.43. The molecule has 1 aliphatic rings. The van der Waals surface area contributed by atoms with Gasteiger partial charge in [0.15, 0.2) is 0 Å². The van der Waals surface area contributed by atoms with Gasteiger partial charge in [-0.25, -0.2) is 4.79 Å². The van der Waals surface area contributed by atoms with Crippen LogP contribution in [0.1, 0.15) is 27.2 Å². The summed E-state index contributed by atoms with van der Waals surface area (Å²) in [6.45, 7) is 6.17. The van der Waals surface area contributed by atoms with Crippen molar-refractivity contribution in [1.82, 2.24) is 15.6 Å². The molecule has 0 radical (unpaired) electrons. The van der Waals surface area contributed by atoms with Crippen molar-refractivity contribution in [1.29, 1.82) is 0 Å². The predicted molar refractivity (Wildman–Crippen MR) is 98.4 cm³/mol. The number of rotatable bonds is 5. The summed E-state index contributed by atoms with van der Waals surface area (Å²) < 4.78 is 0. The van der Waals surface area contributed by atoms with E-state index in [0.717, 1.165) is 23.4 Å². The summed E-state index contributed by atoms with van der Waals surface area (Å²) in [4.78, 5) is 11.2. The van der Waals surface area contributed by atoms with Gasteiger partial charge in [-0.2, -0.15) is 5.10 Å². The van der Waals surface area contributed by atoms with Gasteiger partial charge in [-0.1, -0.05) is 39.0 Å². The van der Waals surface area contributed by atoms with E-state index in [-0.39, 0.29) is 18.1 Å². The van der Waals surface area contributed by atoms with E-state index in [1.807, 2.05) is 36.4 Å². The number of hydrogen-bond acceptors (Lipinski definition) is 4. The molecule has 0 fully saturated rings. The SMILES string of the molecule is CNC(=O)N/C=C/C(=N\N(C)C1=CC(CO)=CC=CC1)C(C)(C)C. The molecule has 0 aromatic carbocycles. The Bertz CT molecular complexity index is 593. The minimum absolute atomic E-state index is 0.00647. The molecule has 1 rings (SSSR count). The molecule has 0 aromatic heterocycles. The highest BCUT2D eigenvalue weighted by molar-refractivity contribution is 5.99. The molecule has 2 amide bonds. The highest BCUT2D eigenvalue weighted by Gasteiger charge is 2.18. The van der Waals surface area contributed by atoms with Crippen molar-refractivity contribution in [3.63, 3.8) is 0 Å². The van der Waals surface area contributed by atoms with Gasteiger partial charge < -0.3 is 15.7 Å². The van der Waals surface area contributed by atoms with Crippen LogP contribution in [-0.2, 0) is 0 Å². The van der Waals surface area contributed by atoms with Crippen LogP contribution in [0.4, 0.5) is 4.79 Å². The van der Waals surface area contributed by atoms with E-state index in [4.69, 9.17) is 0 Å². The normalized spacial score (nSPS) is 15.7. The van der Waals surface area contributed by atoms with Crippen molar-refractivity contribution < 1.29 is 9.90 Å². The minimum Gasteiger partial charge on any atom is -0.392 e. The molecular weight excluding hydrogens is 304 g/mol. The Morgan fingerprint density at radius 2 is 2.17 bits per heavy atom. The summed E-state index contributed by atoms with van der Waals surface area (Å²) in [6.07, 6.45) is 11.9. The lowest BCUT2D eigenvalue weighted by Gasteiger charge is -2.24. The number of nitrogens with zero attached hydrogens (tertiary/aromatic N) is 2. The quantitative estimate of drug-likeness (QED) is 0.535. The van der Waals surface area contributed by atoms with Gasteiger partial charge in [0, 0.05) is 37.8 Å². The van der Waals surface area contributed by atoms with E-state index < -0.39 is 0 Å². The van der Waals surface area contributed by atoms with Crippen LogP contribution in [0.3, 0.4) is 0 Å². The van der Waals surface area contributed by atoms with Crippen LogP contribution in [0, 0.1) is 5.41 Å². The third-order valence-corrected chi connectivity index (χ3v) is 3.43. The Balaban J connectivity index is 3.01. The van der Waals surface area contributed by atoms with Crippen molar-refractivity contribution >= 4 is 11.7 Å². The Labute approximate surface area is 144 Å². The Kier molecular flexibility index (Phi) is 7.45. The maximum Gasteiger partial charge on any atom is 0.318 e. The fourth-order valence-corrected chi connectivity index (χ4v) is 1.95. The molecule has 0 aliphatic heterocycles. The fraction of sp³-hybridized carbons (Fsp3) is 0.444. The molecule has 6 heteroatoms. The number of allylic oxidation sites excluding steroid dienone is 4. The van der Waals surface area contributed by atoms with E-state index in [0.29, 0.717) is 0 Å². The molecule has 1 aliphatic carbocycles. The zero-order valence-corrected chi connectivity index (χ0v) is 15.1. The molecule has 0 spiro atoms. The zero-order chi connectivity index (χ0) is 18.2. The lowest BCUT2D eigenvalue weighted by Crippen LogP contribution is -2.29. The second-order valence-corrected chi connectivity index (χ2v) is 6.48. The maximum atomic E-state index is 11.2. The van der Waals surface area contributed by atoms with Gasteiger partial charge >= 0.3 is 6.03 Å². The molecule has 0 saturated carbocycles. The first kappa shape index (κ1) is 19.7. The van der Waals surface area contributed by atoms with Crippen molar-refractivity contribution in [3.8, 4) is 0 Å². The highest BCUT2D eigenvalue weighted by Crippen LogP contribution is 2.21. The molecule has 3 N–H and O–H groups in total. The number of aliphatic hydroxyl groups is 1. The lowest BCUT2D eigenvalue weighted by molar-refractivity contribution is 0.246. The standard InChI is InChI=1S/C18H28N4O2/c1-18(2,3)16(10-11-20-17(24)19-4)21-22(5)15-9-7-6-8-14(12-15)13-23/h6-8,10-12,23H,9,13H2,1-5H3,(H2,19,20,24)/b11-10+,21-16+. The molecule has 132 valence electrons. The molecule has 0 bridgehead atoms. The second-order valence-electron chi connectivity index (χ2n) is 6.48. The van der Waals surface area contributed by atoms with Crippen molar-refractivity contribution in [2.45, 2.75) is 27.2 Å². The molecule has 0 aromatic rings. The number of carbonyl (C=O) groups excluding carboxylic acids is 1. The summed E-state index contributed by atoms with van der Waals surface area (Å²) in [5, 5.41) is 21.0. The molecule has 0 saturated heterocycles. The summed E-state index contributed by atoms with van der Waals surface area (Å²) in [5.74, 6) is 0. The average molecular weight is 332 g/mol. The molecule has 0 unspecified atom stereocenters. The van der Waals surface area contributed by atoms with Crippen LogP contribution in [0.25, 0.3) is 0 Å². The van der Waals surface area contributed by atoms with E-state index in [1.165, 1.54) is 0 Å². The number of hydrogen-bond donors (Lipinski definition) is 3. The average Bonchev–Trinajstić information content (AvgIpc) is 2.78. The number of carbonyl (C=O) groups is 1. The van der Waals surface area contributed by atoms with Crippen molar-refractivity contribution in [2.24, 2.45) is 10.5 Å². The molecule has 0 heterocycles. The van der Waals surface area contributed by atoms with E-state index in [2.05, 4.69) is 36.5 Å². The summed E-state index contributed by atoms with van der Waals surface area (Å²) in [7, 11) is 3.44. The first-order chi connectivity index (χ1) is 11.3. The Morgan fingerprint density at radius 1 is 1.46 bits per heavy atom. The molecule has 6 nitrogen and oxygen atoms in total. The number of aliphatic hydroxyl groups excluding tert-OH is 1. The van der Waals surface area contributed by atoms with E-state index in [9.17, 15) is 9.90 Å². The molecular formula is C18H28N4O2. The minimum atomic E-state index is -0.276. The summed E-state index contributed by atoms with van der Waals surface area (Å²) >= 11 is 0. The van der Waals surface area contributed by atoms with Gasteiger partial charge in [0.05, 0.1) is 12.3 Å². The number of urea groups is 1. The topological polar surface area (TPSA) is 77.0 Å². The van der Waals surface area contributed by atoms with Gasteiger partial charge in [0.25, 0.3) is 0 Å². The first-order valence-electron chi connectivity index (χ1n) is 7.92. The van der Waals surface area contributed by atoms with E-state index >= 15 is 0 Å². The number of nitrogens with one attached hydrogen (secondary N) is 2. The number of hydrazone groups is 1. The van der Waals surface area contributed by atoms with Crippen LogP contribution in [0.2, 0.25) is 0 Å². The highest BCUT2D eigenvalue weighted by atomic mass is 16.3. The predicted octanol–water partition coefficient (Wildman–Crippen LogP) is 2.53. The second kappa shape index (κ2) is 9.08. The largest absolute Gasteiger partial charge is 0.392 e.